The van der Waals surface area contributed by atoms with Gasteiger partial charge in [-0.3, -0.25) is 0 Å². The van der Waals surface area contributed by atoms with Crippen molar-refractivity contribution in [3.05, 3.63) is 31.2 Å². The largest absolute Gasteiger partial charge is 0.573 e. The molecule has 1 aromatic rings. The molecule has 2 nitrogen and oxygen atoms in total. The molecule has 0 bridgehead atoms. The van der Waals surface area contributed by atoms with E-state index in [9.17, 15) is 13.2 Å². The smallest absolute Gasteiger partial charge is 0.404 e. The minimum atomic E-state index is -4.66. The van der Waals surface area contributed by atoms with Crippen molar-refractivity contribution in [2.45, 2.75) is 19.2 Å². The van der Waals surface area contributed by atoms with Gasteiger partial charge in [-0.25, -0.2) is 0 Å². The Balaban J connectivity index is 2.83. The molecule has 0 N–H and O–H groups in total. The molecule has 17 heavy (non-hydrogen) atoms. The average Bonchev–Trinajstić information content (AvgIpc) is 2.24. The number of rotatable bonds is 5. The second kappa shape index (κ2) is 5.80. The van der Waals surface area contributed by atoms with Crippen LogP contribution in [-0.4, -0.2) is 20.0 Å². The van der Waals surface area contributed by atoms with E-state index in [0.29, 0.717) is 12.2 Å². The van der Waals surface area contributed by atoms with Crippen LogP contribution in [0.2, 0.25) is 0 Å². The van der Waals surface area contributed by atoms with E-state index in [2.05, 4.69) is 11.7 Å². The molecule has 0 amide bonds. The predicted octanol–water partition coefficient (Wildman–Crippen LogP) is 3.64. The predicted molar refractivity (Wildman–Crippen MR) is 61.0 cm³/mol. The zero-order valence-electron chi connectivity index (χ0n) is 9.63. The molecule has 0 saturated carbocycles. The minimum absolute atomic E-state index is 0.174. The van der Waals surface area contributed by atoms with E-state index < -0.39 is 6.36 Å². The van der Waals surface area contributed by atoms with Gasteiger partial charge in [-0.2, -0.15) is 0 Å². The van der Waals surface area contributed by atoms with E-state index in [1.165, 1.54) is 12.1 Å². The van der Waals surface area contributed by atoms with Crippen molar-refractivity contribution in [1.82, 2.24) is 0 Å². The van der Waals surface area contributed by atoms with Gasteiger partial charge in [0.15, 0.2) is 5.75 Å². The standard InChI is InChI=1S/C12H15F3NO/c1-3-4-9-16(2)10-7-5-6-8-11(10)17-12(13,14)15/h5-8H,1,3-4,9H2,2H3. The van der Waals surface area contributed by atoms with Crippen molar-refractivity contribution < 1.29 is 17.9 Å². The Kier molecular flexibility index (Phi) is 4.66. The van der Waals surface area contributed by atoms with Gasteiger partial charge in [-0.05, 0) is 18.6 Å². The van der Waals surface area contributed by atoms with E-state index in [0.717, 1.165) is 12.8 Å². The summed E-state index contributed by atoms with van der Waals surface area (Å²) in [5, 5.41) is 0. The Morgan fingerprint density at radius 1 is 1.29 bits per heavy atom. The lowest BCUT2D eigenvalue weighted by atomic mass is 10.2. The maximum Gasteiger partial charge on any atom is 0.573 e. The molecule has 1 rings (SSSR count). The summed E-state index contributed by atoms with van der Waals surface area (Å²) in [6.45, 7) is 4.34. The molecule has 0 fully saturated rings. The normalized spacial score (nSPS) is 11.4. The molecule has 1 radical (unpaired) electrons. The van der Waals surface area contributed by atoms with Crippen molar-refractivity contribution in [1.29, 1.82) is 0 Å². The Hall–Kier alpha value is -1.39. The van der Waals surface area contributed by atoms with Crippen molar-refractivity contribution in [3.63, 3.8) is 0 Å². The van der Waals surface area contributed by atoms with Gasteiger partial charge in [0, 0.05) is 13.6 Å². The fourth-order valence-electron chi connectivity index (χ4n) is 1.45. The summed E-state index contributed by atoms with van der Waals surface area (Å²) in [5.74, 6) is -0.174. The van der Waals surface area contributed by atoms with Crippen molar-refractivity contribution in [3.8, 4) is 5.75 Å². The van der Waals surface area contributed by atoms with E-state index in [4.69, 9.17) is 0 Å². The molecular formula is C12H15F3NO. The van der Waals surface area contributed by atoms with Gasteiger partial charge < -0.3 is 9.64 Å². The molecule has 0 unspecified atom stereocenters. The summed E-state index contributed by atoms with van der Waals surface area (Å²) >= 11 is 0. The SMILES string of the molecule is [CH2]CCCN(C)c1ccccc1OC(F)(F)F. The van der Waals surface area contributed by atoms with Gasteiger partial charge in [0.1, 0.15) is 0 Å². The molecule has 5 heteroatoms. The molecule has 0 spiro atoms. The third-order valence-electron chi connectivity index (χ3n) is 2.25. The van der Waals surface area contributed by atoms with Gasteiger partial charge in [-0.15, -0.1) is 13.2 Å². The summed E-state index contributed by atoms with van der Waals surface area (Å²) in [7, 11) is 1.73. The molecule has 0 saturated heterocycles. The van der Waals surface area contributed by atoms with Crippen LogP contribution in [0.3, 0.4) is 0 Å². The first kappa shape index (κ1) is 13.7. The molecule has 0 aliphatic carbocycles. The monoisotopic (exact) mass is 246 g/mol. The first-order valence-corrected chi connectivity index (χ1v) is 5.29. The number of hydrogen-bond acceptors (Lipinski definition) is 2. The van der Waals surface area contributed by atoms with Crippen LogP contribution in [0.5, 0.6) is 5.75 Å². The van der Waals surface area contributed by atoms with E-state index in [-0.39, 0.29) is 5.75 Å². The van der Waals surface area contributed by atoms with Crippen LogP contribution in [-0.2, 0) is 0 Å². The number of anilines is 1. The highest BCUT2D eigenvalue weighted by Crippen LogP contribution is 2.32. The maximum atomic E-state index is 12.2. The average molecular weight is 246 g/mol. The molecule has 0 heterocycles. The summed E-state index contributed by atoms with van der Waals surface area (Å²) in [4.78, 5) is 1.73. The van der Waals surface area contributed by atoms with E-state index in [1.807, 2.05) is 0 Å². The van der Waals surface area contributed by atoms with Crippen LogP contribution in [0.15, 0.2) is 24.3 Å². The Labute approximate surface area is 99.0 Å². The Morgan fingerprint density at radius 3 is 2.53 bits per heavy atom. The van der Waals surface area contributed by atoms with Gasteiger partial charge >= 0.3 is 6.36 Å². The Morgan fingerprint density at radius 2 is 1.94 bits per heavy atom. The third-order valence-corrected chi connectivity index (χ3v) is 2.25. The third kappa shape index (κ3) is 4.54. The molecule has 0 aliphatic rings. The number of unbranched alkanes of at least 4 members (excludes halogenated alkanes) is 1. The molecule has 0 aliphatic heterocycles. The van der Waals surface area contributed by atoms with Crippen molar-refractivity contribution >= 4 is 5.69 Å². The summed E-state index contributed by atoms with van der Waals surface area (Å²) in [5.41, 5.74) is 0.429. The zero-order chi connectivity index (χ0) is 12.9. The molecule has 0 atom stereocenters. The van der Waals surface area contributed by atoms with Crippen LogP contribution >= 0.6 is 0 Å². The summed E-state index contributed by atoms with van der Waals surface area (Å²) < 4.78 is 40.5. The molecule has 95 valence electrons. The first-order chi connectivity index (χ1) is 7.94. The van der Waals surface area contributed by atoms with Crippen molar-refractivity contribution in [2.75, 3.05) is 18.5 Å². The quantitative estimate of drug-likeness (QED) is 0.786. The number of alkyl halides is 3. The van der Waals surface area contributed by atoms with E-state index >= 15 is 0 Å². The van der Waals surface area contributed by atoms with Crippen LogP contribution < -0.4 is 9.64 Å². The van der Waals surface area contributed by atoms with Crippen LogP contribution in [0.1, 0.15) is 12.8 Å². The highest BCUT2D eigenvalue weighted by molar-refractivity contribution is 5.57. The molecule has 1 aromatic carbocycles. The minimum Gasteiger partial charge on any atom is -0.404 e. The Bertz CT molecular complexity index is 352. The number of ether oxygens (including phenoxy) is 1. The van der Waals surface area contributed by atoms with Gasteiger partial charge in [0.25, 0.3) is 0 Å². The fourth-order valence-corrected chi connectivity index (χ4v) is 1.45. The number of nitrogens with zero attached hydrogens (tertiary/aromatic N) is 1. The number of halogens is 3. The van der Waals surface area contributed by atoms with Crippen molar-refractivity contribution in [2.24, 2.45) is 0 Å². The van der Waals surface area contributed by atoms with Crippen LogP contribution in [0.4, 0.5) is 18.9 Å². The van der Waals surface area contributed by atoms with Gasteiger partial charge in [0.2, 0.25) is 0 Å². The highest BCUT2D eigenvalue weighted by atomic mass is 19.4. The maximum absolute atomic E-state index is 12.2. The number of benzene rings is 1. The first-order valence-electron chi connectivity index (χ1n) is 5.29. The number of hydrogen-bond donors (Lipinski definition) is 0. The second-order valence-electron chi connectivity index (χ2n) is 3.64. The second-order valence-corrected chi connectivity index (χ2v) is 3.64. The van der Waals surface area contributed by atoms with Crippen LogP contribution in [0, 0.1) is 6.92 Å². The molecular weight excluding hydrogens is 231 g/mol. The topological polar surface area (TPSA) is 12.5 Å². The summed E-state index contributed by atoms with van der Waals surface area (Å²) in [6.07, 6.45) is -3.10. The van der Waals surface area contributed by atoms with Gasteiger partial charge in [-0.1, -0.05) is 25.5 Å². The lowest BCUT2D eigenvalue weighted by Crippen LogP contribution is -2.22. The van der Waals surface area contributed by atoms with Crippen LogP contribution in [0.25, 0.3) is 0 Å². The van der Waals surface area contributed by atoms with E-state index in [1.54, 1.807) is 24.1 Å². The molecule has 0 aromatic heterocycles. The lowest BCUT2D eigenvalue weighted by molar-refractivity contribution is -0.274. The van der Waals surface area contributed by atoms with Gasteiger partial charge in [0.05, 0.1) is 5.69 Å². The highest BCUT2D eigenvalue weighted by Gasteiger charge is 2.32. The fraction of sp³-hybridized carbons (Fsp3) is 0.417. The lowest BCUT2D eigenvalue weighted by Gasteiger charge is -2.22. The summed E-state index contributed by atoms with van der Waals surface area (Å²) in [6, 6.07) is 6.10. The zero-order valence-corrected chi connectivity index (χ0v) is 9.63. The number of para-hydroxylation sites is 2.